The van der Waals surface area contributed by atoms with Gasteiger partial charge in [-0.3, -0.25) is 9.59 Å². The summed E-state index contributed by atoms with van der Waals surface area (Å²) >= 11 is 6.03. The standard InChI is InChI=1S/C21H14ClN3O5/c22-15-5-6-19(17(7-15)13-9-24-30-11-13)29-12-20(26)25-23-8-14-10-28-18-4-2-1-3-16(18)21(14)27/h1-11H,12H2,(H,25,26)/b23-8+. The number of para-hydroxylation sites is 1. The van der Waals surface area contributed by atoms with Gasteiger partial charge in [0.15, 0.2) is 6.61 Å². The lowest BCUT2D eigenvalue weighted by molar-refractivity contribution is -0.123. The summed E-state index contributed by atoms with van der Waals surface area (Å²) in [6, 6.07) is 11.8. The second kappa shape index (κ2) is 8.62. The van der Waals surface area contributed by atoms with E-state index in [2.05, 4.69) is 15.7 Å². The average molecular weight is 424 g/mol. The molecule has 30 heavy (non-hydrogen) atoms. The van der Waals surface area contributed by atoms with Crippen LogP contribution in [0.15, 0.2) is 80.0 Å². The van der Waals surface area contributed by atoms with Crippen molar-refractivity contribution < 1.29 is 18.5 Å². The van der Waals surface area contributed by atoms with Gasteiger partial charge in [-0.1, -0.05) is 28.9 Å². The minimum atomic E-state index is -0.511. The molecule has 2 aromatic heterocycles. The first kappa shape index (κ1) is 19.4. The predicted octanol–water partition coefficient (Wildman–Crippen LogP) is 3.63. The Labute approximate surface area is 174 Å². The van der Waals surface area contributed by atoms with Crippen LogP contribution >= 0.6 is 11.6 Å². The molecule has 0 bridgehead atoms. The van der Waals surface area contributed by atoms with Crippen molar-refractivity contribution in [1.29, 1.82) is 0 Å². The van der Waals surface area contributed by atoms with E-state index in [0.717, 1.165) is 0 Å². The molecule has 8 nitrogen and oxygen atoms in total. The lowest BCUT2D eigenvalue weighted by Crippen LogP contribution is -2.25. The Kier molecular flexibility index (Phi) is 5.58. The van der Waals surface area contributed by atoms with Gasteiger partial charge in [-0.2, -0.15) is 5.10 Å². The number of hydrogen-bond donors (Lipinski definition) is 1. The summed E-state index contributed by atoms with van der Waals surface area (Å²) in [6.45, 7) is -0.302. The van der Waals surface area contributed by atoms with E-state index in [4.69, 9.17) is 25.3 Å². The average Bonchev–Trinajstić information content (AvgIpc) is 3.29. The monoisotopic (exact) mass is 423 g/mol. The van der Waals surface area contributed by atoms with Crippen molar-refractivity contribution in [3.63, 3.8) is 0 Å². The van der Waals surface area contributed by atoms with Gasteiger partial charge in [-0.15, -0.1) is 0 Å². The SMILES string of the molecule is O=C(COc1ccc(Cl)cc1-c1cnoc1)N/N=C/c1coc2ccccc2c1=O. The molecule has 1 amide bonds. The van der Waals surface area contributed by atoms with E-state index in [1.54, 1.807) is 42.5 Å². The molecule has 0 unspecified atom stereocenters. The lowest BCUT2D eigenvalue weighted by Gasteiger charge is -2.09. The van der Waals surface area contributed by atoms with Gasteiger partial charge in [-0.05, 0) is 30.3 Å². The number of halogens is 1. The molecule has 0 spiro atoms. The van der Waals surface area contributed by atoms with Gasteiger partial charge < -0.3 is 13.7 Å². The van der Waals surface area contributed by atoms with E-state index in [9.17, 15) is 9.59 Å². The fraction of sp³-hybridized carbons (Fsp3) is 0.0476. The molecule has 4 aromatic rings. The Hall–Kier alpha value is -3.91. The van der Waals surface area contributed by atoms with Crippen molar-refractivity contribution in [2.24, 2.45) is 5.10 Å². The number of benzene rings is 2. The highest BCUT2D eigenvalue weighted by molar-refractivity contribution is 6.31. The molecule has 0 aliphatic carbocycles. The maximum absolute atomic E-state index is 12.4. The van der Waals surface area contributed by atoms with E-state index in [0.29, 0.717) is 32.9 Å². The molecule has 0 aliphatic rings. The third-order valence-corrected chi connectivity index (χ3v) is 4.38. The van der Waals surface area contributed by atoms with Crippen LogP contribution in [-0.4, -0.2) is 23.9 Å². The van der Waals surface area contributed by atoms with Crippen molar-refractivity contribution in [2.45, 2.75) is 0 Å². The molecule has 150 valence electrons. The van der Waals surface area contributed by atoms with Crippen LogP contribution in [0.25, 0.3) is 22.1 Å². The first-order chi connectivity index (χ1) is 14.6. The van der Waals surface area contributed by atoms with E-state index >= 15 is 0 Å². The first-order valence-electron chi connectivity index (χ1n) is 8.76. The van der Waals surface area contributed by atoms with E-state index < -0.39 is 5.91 Å². The highest BCUT2D eigenvalue weighted by Gasteiger charge is 2.11. The van der Waals surface area contributed by atoms with Crippen LogP contribution < -0.4 is 15.6 Å². The molecule has 9 heteroatoms. The molecule has 2 aromatic carbocycles. The molecule has 0 radical (unpaired) electrons. The van der Waals surface area contributed by atoms with Gasteiger partial charge in [0.2, 0.25) is 5.43 Å². The first-order valence-corrected chi connectivity index (χ1v) is 9.14. The van der Waals surface area contributed by atoms with Gasteiger partial charge in [0.1, 0.15) is 23.9 Å². The molecule has 4 rings (SSSR count). The number of ether oxygens (including phenoxy) is 1. The second-order valence-corrected chi connectivity index (χ2v) is 6.59. The van der Waals surface area contributed by atoms with E-state index in [1.165, 1.54) is 24.9 Å². The smallest absolute Gasteiger partial charge is 0.277 e. The van der Waals surface area contributed by atoms with Gasteiger partial charge in [-0.25, -0.2) is 5.43 Å². The molecule has 2 heterocycles. The van der Waals surface area contributed by atoms with Gasteiger partial charge in [0.05, 0.1) is 23.4 Å². The summed E-state index contributed by atoms with van der Waals surface area (Å²) in [6.07, 6.45) is 5.47. The van der Waals surface area contributed by atoms with Crippen molar-refractivity contribution in [2.75, 3.05) is 6.61 Å². The number of carbonyl (C=O) groups excluding carboxylic acids is 1. The van der Waals surface area contributed by atoms with Crippen LogP contribution in [0.2, 0.25) is 5.02 Å². The minimum absolute atomic E-state index is 0.211. The van der Waals surface area contributed by atoms with Gasteiger partial charge in [0, 0.05) is 16.1 Å². The number of nitrogens with zero attached hydrogens (tertiary/aromatic N) is 2. The number of aromatic nitrogens is 1. The number of fused-ring (bicyclic) bond motifs is 1. The highest BCUT2D eigenvalue weighted by Crippen LogP contribution is 2.32. The Morgan fingerprint density at radius 3 is 2.93 bits per heavy atom. The number of nitrogens with one attached hydrogen (secondary N) is 1. The van der Waals surface area contributed by atoms with Crippen LogP contribution in [-0.2, 0) is 4.79 Å². The lowest BCUT2D eigenvalue weighted by atomic mass is 10.1. The fourth-order valence-corrected chi connectivity index (χ4v) is 2.90. The molecule has 0 aliphatic heterocycles. The maximum Gasteiger partial charge on any atom is 0.277 e. The largest absolute Gasteiger partial charge is 0.483 e. The summed E-state index contributed by atoms with van der Waals surface area (Å²) < 4.78 is 15.8. The second-order valence-electron chi connectivity index (χ2n) is 6.15. The van der Waals surface area contributed by atoms with Crippen LogP contribution in [0.4, 0.5) is 0 Å². The zero-order valence-electron chi connectivity index (χ0n) is 15.4. The van der Waals surface area contributed by atoms with Crippen LogP contribution in [0, 0.1) is 0 Å². The molecular weight excluding hydrogens is 410 g/mol. The van der Waals surface area contributed by atoms with E-state index in [-0.39, 0.29) is 17.6 Å². The Morgan fingerprint density at radius 1 is 1.23 bits per heavy atom. The predicted molar refractivity (Wildman–Crippen MR) is 111 cm³/mol. The summed E-state index contributed by atoms with van der Waals surface area (Å²) in [5, 5.41) is 8.38. The van der Waals surface area contributed by atoms with Crippen molar-refractivity contribution >= 4 is 34.7 Å². The number of hydrazone groups is 1. The molecular formula is C21H14ClN3O5. The minimum Gasteiger partial charge on any atom is -0.483 e. The zero-order chi connectivity index (χ0) is 20.9. The fourth-order valence-electron chi connectivity index (χ4n) is 2.72. The molecule has 0 saturated carbocycles. The third-order valence-electron chi connectivity index (χ3n) is 4.14. The maximum atomic E-state index is 12.4. The highest BCUT2D eigenvalue weighted by atomic mass is 35.5. The Morgan fingerprint density at radius 2 is 2.10 bits per heavy atom. The molecule has 0 saturated heterocycles. The summed E-state index contributed by atoms with van der Waals surface area (Å²) in [4.78, 5) is 24.4. The number of amides is 1. The Bertz CT molecular complexity index is 1280. The van der Waals surface area contributed by atoms with Crippen LogP contribution in [0.3, 0.4) is 0 Å². The van der Waals surface area contributed by atoms with Crippen LogP contribution in [0.1, 0.15) is 5.56 Å². The Balaban J connectivity index is 1.41. The van der Waals surface area contributed by atoms with Gasteiger partial charge >= 0.3 is 0 Å². The molecule has 0 atom stereocenters. The van der Waals surface area contributed by atoms with E-state index in [1.807, 2.05) is 0 Å². The van der Waals surface area contributed by atoms with Crippen LogP contribution in [0.5, 0.6) is 5.75 Å². The zero-order valence-corrected chi connectivity index (χ0v) is 16.1. The summed E-state index contributed by atoms with van der Waals surface area (Å²) in [7, 11) is 0. The van der Waals surface area contributed by atoms with Crippen molar-refractivity contribution in [3.05, 3.63) is 82.0 Å². The summed E-state index contributed by atoms with van der Waals surface area (Å²) in [5.41, 5.74) is 4.05. The topological polar surface area (TPSA) is 107 Å². The quantitative estimate of drug-likeness (QED) is 0.375. The normalized spacial score (nSPS) is 11.1. The van der Waals surface area contributed by atoms with Crippen molar-refractivity contribution in [1.82, 2.24) is 10.6 Å². The summed E-state index contributed by atoms with van der Waals surface area (Å²) in [5.74, 6) is -0.0838. The van der Waals surface area contributed by atoms with Gasteiger partial charge in [0.25, 0.3) is 5.91 Å². The third kappa shape index (κ3) is 4.23. The number of rotatable bonds is 6. The van der Waals surface area contributed by atoms with Crippen molar-refractivity contribution in [3.8, 4) is 16.9 Å². The number of hydrogen-bond acceptors (Lipinski definition) is 7. The molecule has 0 fully saturated rings. The molecule has 1 N–H and O–H groups in total. The number of carbonyl (C=O) groups is 1.